The number of hydrogen-bond donors (Lipinski definition) is 1. The Hall–Kier alpha value is -1.79. The lowest BCUT2D eigenvalue weighted by Crippen LogP contribution is -2.56. The third-order valence-electron chi connectivity index (χ3n) is 7.17. The molecule has 1 N–H and O–H groups in total. The summed E-state index contributed by atoms with van der Waals surface area (Å²) in [5, 5.41) is 3.89. The van der Waals surface area contributed by atoms with E-state index < -0.39 is 0 Å². The number of nitrogens with one attached hydrogen (secondary N) is 1. The molecule has 1 aromatic rings. The molecule has 4 rings (SSSR count). The molecule has 0 aromatic heterocycles. The normalized spacial score (nSPS) is 25.6. The van der Waals surface area contributed by atoms with Gasteiger partial charge in [-0.1, -0.05) is 25.4 Å². The van der Waals surface area contributed by atoms with Crippen LogP contribution in [0.5, 0.6) is 5.75 Å². The highest BCUT2D eigenvalue weighted by molar-refractivity contribution is 6.30. The molecule has 1 aromatic carbocycles. The molecular formula is C23H32ClN3O3. The third-order valence-corrected chi connectivity index (χ3v) is 7.41. The second kappa shape index (κ2) is 8.39. The van der Waals surface area contributed by atoms with Crippen LogP contribution in [0.1, 0.15) is 43.5 Å². The Kier molecular flexibility index (Phi) is 5.99. The largest absolute Gasteiger partial charge is 0.496 e. The number of fused-ring (bicyclic) bond motifs is 2. The first-order valence-corrected chi connectivity index (χ1v) is 11.4. The summed E-state index contributed by atoms with van der Waals surface area (Å²) >= 11 is 6.04. The van der Waals surface area contributed by atoms with Crippen molar-refractivity contribution in [2.24, 2.45) is 17.8 Å². The van der Waals surface area contributed by atoms with E-state index in [0.717, 1.165) is 32.5 Å². The number of carbonyl (C=O) groups is 2. The summed E-state index contributed by atoms with van der Waals surface area (Å²) in [4.78, 5) is 30.2. The number of benzene rings is 1. The van der Waals surface area contributed by atoms with Crippen molar-refractivity contribution < 1.29 is 14.3 Å². The zero-order chi connectivity index (χ0) is 21.5. The number of methoxy groups -OCH3 is 1. The molecule has 3 aliphatic rings. The van der Waals surface area contributed by atoms with E-state index in [0.29, 0.717) is 41.3 Å². The minimum Gasteiger partial charge on any atom is -0.496 e. The van der Waals surface area contributed by atoms with Gasteiger partial charge in [0.05, 0.1) is 18.6 Å². The zero-order valence-corrected chi connectivity index (χ0v) is 18.9. The fourth-order valence-electron chi connectivity index (χ4n) is 5.38. The van der Waals surface area contributed by atoms with Crippen LogP contribution in [0.4, 0.5) is 0 Å². The van der Waals surface area contributed by atoms with E-state index in [1.54, 1.807) is 25.3 Å². The first-order chi connectivity index (χ1) is 14.3. The molecule has 3 fully saturated rings. The molecule has 2 amide bonds. The summed E-state index contributed by atoms with van der Waals surface area (Å²) in [5.74, 6) is 1.77. The minimum absolute atomic E-state index is 0.0378. The molecule has 3 aliphatic heterocycles. The van der Waals surface area contributed by atoms with Crippen LogP contribution in [0.25, 0.3) is 0 Å². The van der Waals surface area contributed by atoms with Gasteiger partial charge in [-0.25, -0.2) is 0 Å². The summed E-state index contributed by atoms with van der Waals surface area (Å²) in [6, 6.07) is 5.12. The lowest BCUT2D eigenvalue weighted by atomic mass is 9.75. The molecule has 6 nitrogen and oxygen atoms in total. The second-order valence-electron chi connectivity index (χ2n) is 9.44. The highest BCUT2D eigenvalue weighted by Gasteiger charge is 2.57. The molecule has 0 radical (unpaired) electrons. The van der Waals surface area contributed by atoms with Crippen molar-refractivity contribution >= 4 is 23.4 Å². The summed E-state index contributed by atoms with van der Waals surface area (Å²) in [5.41, 5.74) is 0.363. The van der Waals surface area contributed by atoms with Gasteiger partial charge in [-0.15, -0.1) is 0 Å². The van der Waals surface area contributed by atoms with Crippen LogP contribution in [0.15, 0.2) is 18.2 Å². The van der Waals surface area contributed by atoms with Gasteiger partial charge in [0.2, 0.25) is 5.91 Å². The molecule has 0 bridgehead atoms. The van der Waals surface area contributed by atoms with E-state index in [9.17, 15) is 9.59 Å². The van der Waals surface area contributed by atoms with Gasteiger partial charge in [-0.05, 0) is 49.9 Å². The molecule has 0 saturated carbocycles. The average molecular weight is 434 g/mol. The second-order valence-corrected chi connectivity index (χ2v) is 9.87. The van der Waals surface area contributed by atoms with Crippen LogP contribution in [0, 0.1) is 17.8 Å². The van der Waals surface area contributed by atoms with Crippen LogP contribution < -0.4 is 10.1 Å². The van der Waals surface area contributed by atoms with Gasteiger partial charge in [0.1, 0.15) is 5.75 Å². The number of amides is 2. The van der Waals surface area contributed by atoms with Crippen molar-refractivity contribution in [3.05, 3.63) is 28.8 Å². The van der Waals surface area contributed by atoms with Crippen LogP contribution in [0.2, 0.25) is 5.02 Å². The number of hydrogen-bond acceptors (Lipinski definition) is 4. The number of rotatable bonds is 5. The molecule has 3 heterocycles. The Morgan fingerprint density at radius 3 is 2.70 bits per heavy atom. The van der Waals surface area contributed by atoms with Crippen molar-refractivity contribution in [1.82, 2.24) is 15.1 Å². The summed E-state index contributed by atoms with van der Waals surface area (Å²) < 4.78 is 5.36. The summed E-state index contributed by atoms with van der Waals surface area (Å²) in [6.07, 6.45) is 2.78. The van der Waals surface area contributed by atoms with Gasteiger partial charge in [0.15, 0.2) is 0 Å². The number of carbonyl (C=O) groups excluding carboxylic acids is 2. The number of ether oxygens (including phenoxy) is 1. The predicted molar refractivity (Wildman–Crippen MR) is 117 cm³/mol. The van der Waals surface area contributed by atoms with Crippen LogP contribution >= 0.6 is 11.6 Å². The molecule has 7 heteroatoms. The van der Waals surface area contributed by atoms with Gasteiger partial charge < -0.3 is 19.9 Å². The molecule has 30 heavy (non-hydrogen) atoms. The lowest BCUT2D eigenvalue weighted by Gasteiger charge is -2.43. The van der Waals surface area contributed by atoms with Crippen molar-refractivity contribution in [1.29, 1.82) is 0 Å². The Balaban J connectivity index is 1.42. The van der Waals surface area contributed by atoms with Gasteiger partial charge in [0.25, 0.3) is 5.91 Å². The molecular weight excluding hydrogens is 402 g/mol. The van der Waals surface area contributed by atoms with E-state index in [1.165, 1.54) is 6.42 Å². The Morgan fingerprint density at radius 1 is 1.30 bits per heavy atom. The highest BCUT2D eigenvalue weighted by atomic mass is 35.5. The van der Waals surface area contributed by atoms with Crippen LogP contribution in [-0.4, -0.2) is 67.0 Å². The van der Waals surface area contributed by atoms with Gasteiger partial charge in [-0.3, -0.25) is 9.59 Å². The Morgan fingerprint density at radius 2 is 2.03 bits per heavy atom. The zero-order valence-electron chi connectivity index (χ0n) is 18.1. The molecule has 2 atom stereocenters. The standard InChI is InChI=1S/C23H32ClN3O3/c1-15(2)6-9-26-13-18-19(14-26)23(25-21(18)28)7-10-27(11-8-23)22(29)17-5-4-16(24)12-20(17)30-3/h4-5,12,15,18-19H,6-11,13-14H2,1-3H3,(H,25,28)/t18-,19+/m1/s1. The molecule has 0 aliphatic carbocycles. The molecule has 1 spiro atoms. The maximum atomic E-state index is 13.1. The summed E-state index contributed by atoms with van der Waals surface area (Å²) in [7, 11) is 1.55. The topological polar surface area (TPSA) is 61.9 Å². The number of piperidine rings is 1. The molecule has 0 unspecified atom stereocenters. The van der Waals surface area contributed by atoms with Crippen molar-refractivity contribution in [2.45, 2.75) is 38.6 Å². The smallest absolute Gasteiger partial charge is 0.257 e. The van der Waals surface area contributed by atoms with E-state index >= 15 is 0 Å². The number of likely N-dealkylation sites (tertiary alicyclic amines) is 2. The number of halogens is 1. The van der Waals surface area contributed by atoms with Crippen LogP contribution in [-0.2, 0) is 4.79 Å². The first kappa shape index (κ1) is 21.4. The highest BCUT2D eigenvalue weighted by Crippen LogP contribution is 2.44. The SMILES string of the molecule is COc1cc(Cl)ccc1C(=O)N1CCC2(CC1)NC(=O)[C@@H]1CN(CCC(C)C)C[C@@H]12. The minimum atomic E-state index is -0.171. The first-order valence-electron chi connectivity index (χ1n) is 11.0. The van der Waals surface area contributed by atoms with Crippen molar-refractivity contribution in [2.75, 3.05) is 39.8 Å². The van der Waals surface area contributed by atoms with E-state index in [-0.39, 0.29) is 23.3 Å². The Bertz CT molecular complexity index is 820. The quantitative estimate of drug-likeness (QED) is 0.775. The predicted octanol–water partition coefficient (Wildman–Crippen LogP) is 3.05. The maximum Gasteiger partial charge on any atom is 0.257 e. The Labute approximate surface area is 183 Å². The van der Waals surface area contributed by atoms with Crippen molar-refractivity contribution in [3.8, 4) is 5.75 Å². The third kappa shape index (κ3) is 3.92. The average Bonchev–Trinajstić information content (AvgIpc) is 3.26. The summed E-state index contributed by atoms with van der Waals surface area (Å²) in [6.45, 7) is 8.68. The maximum absolute atomic E-state index is 13.1. The number of nitrogens with zero attached hydrogens (tertiary/aromatic N) is 2. The molecule has 164 valence electrons. The molecule has 3 saturated heterocycles. The van der Waals surface area contributed by atoms with E-state index in [2.05, 4.69) is 24.1 Å². The van der Waals surface area contributed by atoms with Crippen LogP contribution in [0.3, 0.4) is 0 Å². The van der Waals surface area contributed by atoms with E-state index in [1.807, 2.05) is 4.90 Å². The van der Waals surface area contributed by atoms with Crippen molar-refractivity contribution in [3.63, 3.8) is 0 Å². The fourth-order valence-corrected chi connectivity index (χ4v) is 5.54. The monoisotopic (exact) mass is 433 g/mol. The van der Waals surface area contributed by atoms with Gasteiger partial charge >= 0.3 is 0 Å². The fraction of sp³-hybridized carbons (Fsp3) is 0.652. The van der Waals surface area contributed by atoms with Gasteiger partial charge in [-0.2, -0.15) is 0 Å². The lowest BCUT2D eigenvalue weighted by molar-refractivity contribution is -0.123. The van der Waals surface area contributed by atoms with Gasteiger partial charge in [0, 0.05) is 42.7 Å². The van der Waals surface area contributed by atoms with E-state index in [4.69, 9.17) is 16.3 Å².